The standard InChI is InChI=1S/C15H26N2/c1-11(2)6-5-7-15(17-16)14-10-12(3)8-9-13(14)4/h8-11,15,17H,5-7,16H2,1-4H3. The molecule has 1 rings (SSSR count). The normalized spacial score (nSPS) is 13.1. The highest BCUT2D eigenvalue weighted by atomic mass is 15.2. The summed E-state index contributed by atoms with van der Waals surface area (Å²) in [6.07, 6.45) is 3.60. The lowest BCUT2D eigenvalue weighted by Crippen LogP contribution is -2.28. The van der Waals surface area contributed by atoms with E-state index in [9.17, 15) is 0 Å². The van der Waals surface area contributed by atoms with Gasteiger partial charge in [0.15, 0.2) is 0 Å². The molecule has 0 aromatic heterocycles. The molecule has 0 fully saturated rings. The summed E-state index contributed by atoms with van der Waals surface area (Å²) < 4.78 is 0. The monoisotopic (exact) mass is 234 g/mol. The highest BCUT2D eigenvalue weighted by Crippen LogP contribution is 2.24. The second-order valence-corrected chi connectivity index (χ2v) is 5.40. The minimum atomic E-state index is 0.286. The Balaban J connectivity index is 2.68. The topological polar surface area (TPSA) is 38.0 Å². The first-order chi connectivity index (χ1) is 8.04. The fourth-order valence-electron chi connectivity index (χ4n) is 2.19. The van der Waals surface area contributed by atoms with E-state index in [1.54, 1.807) is 0 Å². The maximum absolute atomic E-state index is 5.69. The van der Waals surface area contributed by atoms with Gasteiger partial charge >= 0.3 is 0 Å². The van der Waals surface area contributed by atoms with Crippen LogP contribution in [0.2, 0.25) is 0 Å². The zero-order valence-corrected chi connectivity index (χ0v) is 11.6. The molecule has 1 aromatic rings. The Kier molecular flexibility index (Phi) is 5.66. The van der Waals surface area contributed by atoms with Crippen molar-refractivity contribution >= 4 is 0 Å². The zero-order chi connectivity index (χ0) is 12.8. The minimum absolute atomic E-state index is 0.286. The minimum Gasteiger partial charge on any atom is -0.271 e. The van der Waals surface area contributed by atoms with E-state index in [0.717, 1.165) is 12.3 Å². The predicted molar refractivity (Wildman–Crippen MR) is 74.7 cm³/mol. The lowest BCUT2D eigenvalue weighted by Gasteiger charge is -2.19. The molecule has 1 unspecified atom stereocenters. The lowest BCUT2D eigenvalue weighted by molar-refractivity contribution is 0.454. The van der Waals surface area contributed by atoms with Gasteiger partial charge < -0.3 is 0 Å². The van der Waals surface area contributed by atoms with Crippen molar-refractivity contribution in [3.63, 3.8) is 0 Å². The molecule has 1 aromatic carbocycles. The van der Waals surface area contributed by atoms with Crippen LogP contribution in [0.5, 0.6) is 0 Å². The summed E-state index contributed by atoms with van der Waals surface area (Å²) >= 11 is 0. The third-order valence-electron chi connectivity index (χ3n) is 3.29. The molecule has 0 radical (unpaired) electrons. The van der Waals surface area contributed by atoms with E-state index in [1.165, 1.54) is 29.5 Å². The first-order valence-corrected chi connectivity index (χ1v) is 6.58. The second kappa shape index (κ2) is 6.77. The van der Waals surface area contributed by atoms with Gasteiger partial charge in [0.2, 0.25) is 0 Å². The van der Waals surface area contributed by atoms with Crippen molar-refractivity contribution in [2.75, 3.05) is 0 Å². The summed E-state index contributed by atoms with van der Waals surface area (Å²) in [5, 5.41) is 0. The SMILES string of the molecule is Cc1ccc(C)c(C(CCCC(C)C)NN)c1. The van der Waals surface area contributed by atoms with Crippen LogP contribution in [0.3, 0.4) is 0 Å². The largest absolute Gasteiger partial charge is 0.271 e. The van der Waals surface area contributed by atoms with E-state index in [0.29, 0.717) is 0 Å². The van der Waals surface area contributed by atoms with E-state index < -0.39 is 0 Å². The van der Waals surface area contributed by atoms with Crippen LogP contribution in [-0.2, 0) is 0 Å². The predicted octanol–water partition coefficient (Wildman–Crippen LogP) is 3.63. The van der Waals surface area contributed by atoms with Crippen LogP contribution in [0.15, 0.2) is 18.2 Å². The third kappa shape index (κ3) is 4.49. The molecular weight excluding hydrogens is 208 g/mol. The maximum atomic E-state index is 5.69. The first kappa shape index (κ1) is 14.2. The van der Waals surface area contributed by atoms with Crippen LogP contribution < -0.4 is 11.3 Å². The molecule has 0 spiro atoms. The van der Waals surface area contributed by atoms with Gasteiger partial charge in [-0.05, 0) is 37.3 Å². The van der Waals surface area contributed by atoms with Crippen LogP contribution in [0.25, 0.3) is 0 Å². The van der Waals surface area contributed by atoms with E-state index in [2.05, 4.69) is 51.3 Å². The summed E-state index contributed by atoms with van der Waals surface area (Å²) in [5.74, 6) is 6.46. The number of nitrogens with two attached hydrogens (primary N) is 1. The molecule has 96 valence electrons. The van der Waals surface area contributed by atoms with E-state index in [-0.39, 0.29) is 6.04 Å². The number of rotatable bonds is 6. The molecule has 2 heteroatoms. The summed E-state index contributed by atoms with van der Waals surface area (Å²) in [6, 6.07) is 6.86. The molecule has 0 aliphatic rings. The highest BCUT2D eigenvalue weighted by Gasteiger charge is 2.12. The van der Waals surface area contributed by atoms with Crippen molar-refractivity contribution in [2.45, 2.75) is 53.0 Å². The number of hydrogen-bond donors (Lipinski definition) is 2. The zero-order valence-electron chi connectivity index (χ0n) is 11.6. The average molecular weight is 234 g/mol. The van der Waals surface area contributed by atoms with E-state index in [1.807, 2.05) is 0 Å². The van der Waals surface area contributed by atoms with E-state index >= 15 is 0 Å². The molecule has 0 saturated heterocycles. The van der Waals surface area contributed by atoms with Gasteiger partial charge in [-0.3, -0.25) is 11.3 Å². The Morgan fingerprint density at radius 2 is 1.88 bits per heavy atom. The number of hydrazine groups is 1. The van der Waals surface area contributed by atoms with Crippen molar-refractivity contribution in [1.82, 2.24) is 5.43 Å². The van der Waals surface area contributed by atoms with Crippen molar-refractivity contribution in [3.05, 3.63) is 34.9 Å². The van der Waals surface area contributed by atoms with Crippen molar-refractivity contribution in [3.8, 4) is 0 Å². The highest BCUT2D eigenvalue weighted by molar-refractivity contribution is 5.32. The van der Waals surface area contributed by atoms with Crippen molar-refractivity contribution in [2.24, 2.45) is 11.8 Å². The molecule has 0 aliphatic heterocycles. The van der Waals surface area contributed by atoms with Gasteiger partial charge in [-0.1, -0.05) is 50.5 Å². The van der Waals surface area contributed by atoms with Gasteiger partial charge in [0.1, 0.15) is 0 Å². The smallest absolute Gasteiger partial charge is 0.0462 e. The molecule has 17 heavy (non-hydrogen) atoms. The van der Waals surface area contributed by atoms with Crippen LogP contribution in [0.1, 0.15) is 55.8 Å². The Labute approximate surface area is 106 Å². The quantitative estimate of drug-likeness (QED) is 0.582. The average Bonchev–Trinajstić information content (AvgIpc) is 2.28. The van der Waals surface area contributed by atoms with Crippen LogP contribution in [-0.4, -0.2) is 0 Å². The van der Waals surface area contributed by atoms with Crippen molar-refractivity contribution in [1.29, 1.82) is 0 Å². The van der Waals surface area contributed by atoms with Gasteiger partial charge in [-0.25, -0.2) is 0 Å². The molecular formula is C15H26N2. The van der Waals surface area contributed by atoms with Gasteiger partial charge in [0.05, 0.1) is 0 Å². The number of benzene rings is 1. The van der Waals surface area contributed by atoms with Gasteiger partial charge in [0.25, 0.3) is 0 Å². The molecule has 2 nitrogen and oxygen atoms in total. The maximum Gasteiger partial charge on any atom is 0.0462 e. The Bertz CT molecular complexity index is 345. The molecule has 0 saturated carbocycles. The fraction of sp³-hybridized carbons (Fsp3) is 0.600. The van der Waals surface area contributed by atoms with Gasteiger partial charge in [0, 0.05) is 6.04 Å². The molecule has 1 atom stereocenters. The number of aryl methyl sites for hydroxylation is 2. The van der Waals surface area contributed by atoms with Crippen molar-refractivity contribution < 1.29 is 0 Å². The van der Waals surface area contributed by atoms with E-state index in [4.69, 9.17) is 5.84 Å². The molecule has 3 N–H and O–H groups in total. The lowest BCUT2D eigenvalue weighted by atomic mass is 9.94. The van der Waals surface area contributed by atoms with Crippen LogP contribution >= 0.6 is 0 Å². The molecule has 0 aliphatic carbocycles. The Morgan fingerprint density at radius 1 is 1.18 bits per heavy atom. The summed E-state index contributed by atoms with van der Waals surface area (Å²) in [5.41, 5.74) is 6.93. The van der Waals surface area contributed by atoms with Gasteiger partial charge in [-0.15, -0.1) is 0 Å². The molecule has 0 amide bonds. The molecule has 0 bridgehead atoms. The first-order valence-electron chi connectivity index (χ1n) is 6.58. The summed E-state index contributed by atoms with van der Waals surface area (Å²) in [4.78, 5) is 0. The van der Waals surface area contributed by atoms with Crippen LogP contribution in [0.4, 0.5) is 0 Å². The summed E-state index contributed by atoms with van der Waals surface area (Å²) in [7, 11) is 0. The second-order valence-electron chi connectivity index (χ2n) is 5.40. The number of nitrogens with one attached hydrogen (secondary N) is 1. The summed E-state index contributed by atoms with van der Waals surface area (Å²) in [6.45, 7) is 8.82. The molecule has 0 heterocycles. The Hall–Kier alpha value is -0.860. The fourth-order valence-corrected chi connectivity index (χ4v) is 2.19. The number of hydrogen-bond acceptors (Lipinski definition) is 2. The van der Waals surface area contributed by atoms with Crippen LogP contribution in [0, 0.1) is 19.8 Å². The van der Waals surface area contributed by atoms with Gasteiger partial charge in [-0.2, -0.15) is 0 Å². The third-order valence-corrected chi connectivity index (χ3v) is 3.29. The Morgan fingerprint density at radius 3 is 2.47 bits per heavy atom.